The van der Waals surface area contributed by atoms with E-state index in [2.05, 4.69) is 28.6 Å². The molecule has 3 heterocycles. The van der Waals surface area contributed by atoms with Crippen molar-refractivity contribution in [2.45, 2.75) is 32.9 Å². The van der Waals surface area contributed by atoms with E-state index in [4.69, 9.17) is 10.5 Å². The number of nitrogens with zero attached hydrogens (tertiary/aromatic N) is 4. The standard InChI is InChI=1S/C25H23N5O4/c1-14(2)24-28-27-20-13-29(10-11-30(20)24)25(33)16-8-6-15(7-9-16)12-19-21(31)17-4-3-5-18(23(26)32)22(17)34-19/h3-9,12,14H,10-11,13H2,1-2H3,(H2,26,32)/b19-12-. The third-order valence-corrected chi connectivity index (χ3v) is 6.00. The maximum Gasteiger partial charge on any atom is 0.254 e. The number of ketones is 1. The zero-order valence-corrected chi connectivity index (χ0v) is 18.8. The minimum absolute atomic E-state index is 0.0914. The van der Waals surface area contributed by atoms with Crippen molar-refractivity contribution in [2.24, 2.45) is 5.73 Å². The van der Waals surface area contributed by atoms with Crippen LogP contribution in [0.1, 0.15) is 68.1 Å². The number of para-hydroxylation sites is 1. The van der Waals surface area contributed by atoms with E-state index in [0.717, 1.165) is 11.6 Å². The predicted molar refractivity (Wildman–Crippen MR) is 123 cm³/mol. The molecule has 2 N–H and O–H groups in total. The molecule has 0 saturated carbocycles. The fourth-order valence-corrected chi connectivity index (χ4v) is 4.24. The smallest absolute Gasteiger partial charge is 0.254 e. The molecule has 3 aromatic rings. The van der Waals surface area contributed by atoms with Crippen LogP contribution in [0.5, 0.6) is 5.75 Å². The maximum atomic E-state index is 13.0. The van der Waals surface area contributed by atoms with Crippen molar-refractivity contribution in [3.63, 3.8) is 0 Å². The van der Waals surface area contributed by atoms with E-state index in [-0.39, 0.29) is 34.7 Å². The number of nitrogens with two attached hydrogens (primary N) is 1. The number of fused-ring (bicyclic) bond motifs is 2. The summed E-state index contributed by atoms with van der Waals surface area (Å²) in [6.07, 6.45) is 1.58. The van der Waals surface area contributed by atoms with E-state index in [1.54, 1.807) is 47.4 Å². The predicted octanol–water partition coefficient (Wildman–Crippen LogP) is 2.77. The first-order chi connectivity index (χ1) is 16.3. The van der Waals surface area contributed by atoms with Gasteiger partial charge in [0.25, 0.3) is 11.8 Å². The number of Topliss-reactive ketones (excluding diaryl/α,β-unsaturated/α-hetero) is 1. The van der Waals surface area contributed by atoms with Gasteiger partial charge in [-0.25, -0.2) is 0 Å². The Morgan fingerprint density at radius 3 is 2.56 bits per heavy atom. The average Bonchev–Trinajstić information content (AvgIpc) is 3.40. The minimum atomic E-state index is -0.662. The molecule has 0 spiro atoms. The van der Waals surface area contributed by atoms with E-state index in [1.807, 2.05) is 0 Å². The summed E-state index contributed by atoms with van der Waals surface area (Å²) in [5, 5.41) is 8.52. The first-order valence-electron chi connectivity index (χ1n) is 11.0. The summed E-state index contributed by atoms with van der Waals surface area (Å²) in [5.74, 6) is 1.20. The van der Waals surface area contributed by atoms with E-state index >= 15 is 0 Å². The van der Waals surface area contributed by atoms with Crippen molar-refractivity contribution in [3.05, 3.63) is 82.1 Å². The van der Waals surface area contributed by atoms with Gasteiger partial charge in [-0.3, -0.25) is 14.4 Å². The SMILES string of the molecule is CC(C)c1nnc2n1CCN(C(=O)c1ccc(/C=C3\Oc4c(C(N)=O)cccc4C3=O)cc1)C2. The van der Waals surface area contributed by atoms with Crippen LogP contribution in [0.2, 0.25) is 0 Å². The van der Waals surface area contributed by atoms with Gasteiger partial charge in [-0.1, -0.05) is 32.0 Å². The third-order valence-electron chi connectivity index (χ3n) is 6.00. The second-order valence-electron chi connectivity index (χ2n) is 8.62. The summed E-state index contributed by atoms with van der Waals surface area (Å²) < 4.78 is 7.75. The van der Waals surface area contributed by atoms with Crippen molar-refractivity contribution in [3.8, 4) is 5.75 Å². The Morgan fingerprint density at radius 2 is 1.85 bits per heavy atom. The number of amides is 2. The summed E-state index contributed by atoms with van der Waals surface area (Å²) in [5.41, 5.74) is 7.07. The monoisotopic (exact) mass is 457 g/mol. The van der Waals surface area contributed by atoms with Gasteiger partial charge in [0.2, 0.25) is 5.78 Å². The number of rotatable bonds is 4. The molecule has 0 fully saturated rings. The van der Waals surface area contributed by atoms with E-state index in [9.17, 15) is 14.4 Å². The summed E-state index contributed by atoms with van der Waals surface area (Å²) in [4.78, 5) is 39.1. The molecule has 2 aromatic carbocycles. The highest BCUT2D eigenvalue weighted by Gasteiger charge is 2.31. The number of carbonyl (C=O) groups excluding carboxylic acids is 3. The Balaban J connectivity index is 1.32. The van der Waals surface area contributed by atoms with Gasteiger partial charge in [0.15, 0.2) is 17.3 Å². The lowest BCUT2D eigenvalue weighted by atomic mass is 10.0. The second-order valence-corrected chi connectivity index (χ2v) is 8.62. The molecule has 5 rings (SSSR count). The Kier molecular flexibility index (Phi) is 5.24. The fourth-order valence-electron chi connectivity index (χ4n) is 4.24. The summed E-state index contributed by atoms with van der Waals surface area (Å²) in [6.45, 7) is 5.81. The fraction of sp³-hybridized carbons (Fsp3) is 0.240. The molecule has 0 aliphatic carbocycles. The van der Waals surface area contributed by atoms with Crippen molar-refractivity contribution in [1.82, 2.24) is 19.7 Å². The lowest BCUT2D eigenvalue weighted by molar-refractivity contribution is 0.0706. The summed E-state index contributed by atoms with van der Waals surface area (Å²) in [6, 6.07) is 11.6. The van der Waals surface area contributed by atoms with Gasteiger partial charge in [-0.2, -0.15) is 0 Å². The normalized spacial score (nSPS) is 15.9. The molecule has 2 amide bonds. The lowest BCUT2D eigenvalue weighted by Gasteiger charge is -2.28. The van der Waals surface area contributed by atoms with Gasteiger partial charge in [-0.05, 0) is 35.9 Å². The summed E-state index contributed by atoms with van der Waals surface area (Å²) >= 11 is 0. The first-order valence-corrected chi connectivity index (χ1v) is 11.0. The molecule has 0 atom stereocenters. The van der Waals surface area contributed by atoms with Crippen molar-refractivity contribution < 1.29 is 19.1 Å². The first kappa shape index (κ1) is 21.6. The Bertz CT molecular complexity index is 1350. The van der Waals surface area contributed by atoms with E-state index in [0.29, 0.717) is 36.3 Å². The molecule has 34 heavy (non-hydrogen) atoms. The zero-order chi connectivity index (χ0) is 24.0. The molecular formula is C25H23N5O4. The van der Waals surface area contributed by atoms with Gasteiger partial charge < -0.3 is 19.9 Å². The highest BCUT2D eigenvalue weighted by Crippen LogP contribution is 2.35. The van der Waals surface area contributed by atoms with Crippen LogP contribution in [0.3, 0.4) is 0 Å². The molecule has 9 nitrogen and oxygen atoms in total. The largest absolute Gasteiger partial charge is 0.452 e. The highest BCUT2D eigenvalue weighted by atomic mass is 16.5. The molecule has 0 saturated heterocycles. The van der Waals surface area contributed by atoms with Crippen LogP contribution in [0.15, 0.2) is 48.2 Å². The van der Waals surface area contributed by atoms with Crippen LogP contribution in [0.25, 0.3) is 6.08 Å². The Morgan fingerprint density at radius 1 is 1.09 bits per heavy atom. The molecule has 2 aliphatic rings. The minimum Gasteiger partial charge on any atom is -0.452 e. The van der Waals surface area contributed by atoms with Crippen LogP contribution >= 0.6 is 0 Å². The van der Waals surface area contributed by atoms with Crippen molar-refractivity contribution >= 4 is 23.7 Å². The van der Waals surface area contributed by atoms with E-state index < -0.39 is 5.91 Å². The Labute approximate surface area is 195 Å². The van der Waals surface area contributed by atoms with Crippen molar-refractivity contribution in [1.29, 1.82) is 0 Å². The number of primary amides is 1. The molecule has 0 unspecified atom stereocenters. The average molecular weight is 457 g/mol. The van der Waals surface area contributed by atoms with Gasteiger partial charge in [0.05, 0.1) is 17.7 Å². The number of hydrogen-bond acceptors (Lipinski definition) is 6. The molecular weight excluding hydrogens is 434 g/mol. The van der Waals surface area contributed by atoms with Crippen molar-refractivity contribution in [2.75, 3.05) is 6.54 Å². The molecule has 1 aromatic heterocycles. The van der Waals surface area contributed by atoms with Gasteiger partial charge in [0.1, 0.15) is 5.82 Å². The lowest BCUT2D eigenvalue weighted by Crippen LogP contribution is -2.38. The second kappa shape index (κ2) is 8.26. The number of hydrogen-bond donors (Lipinski definition) is 1. The molecule has 0 radical (unpaired) electrons. The molecule has 172 valence electrons. The Hall–Kier alpha value is -4.27. The van der Waals surface area contributed by atoms with Crippen LogP contribution in [0, 0.1) is 0 Å². The number of ether oxygens (including phenoxy) is 1. The number of aromatic nitrogens is 3. The van der Waals surface area contributed by atoms with Gasteiger partial charge >= 0.3 is 0 Å². The molecule has 9 heteroatoms. The molecule has 0 bridgehead atoms. The van der Waals surface area contributed by atoms with Gasteiger partial charge in [-0.15, -0.1) is 10.2 Å². The number of allylic oxidation sites excluding steroid dienone is 1. The maximum absolute atomic E-state index is 13.0. The number of benzene rings is 2. The van der Waals surface area contributed by atoms with Crippen LogP contribution in [0.4, 0.5) is 0 Å². The summed E-state index contributed by atoms with van der Waals surface area (Å²) in [7, 11) is 0. The third kappa shape index (κ3) is 3.64. The van der Waals surface area contributed by atoms with Crippen LogP contribution < -0.4 is 10.5 Å². The van der Waals surface area contributed by atoms with Crippen LogP contribution in [-0.4, -0.2) is 43.8 Å². The van der Waals surface area contributed by atoms with Gasteiger partial charge in [0, 0.05) is 24.6 Å². The quantitative estimate of drug-likeness (QED) is 0.602. The number of carbonyl (C=O) groups is 3. The van der Waals surface area contributed by atoms with Crippen LogP contribution in [-0.2, 0) is 13.1 Å². The van der Waals surface area contributed by atoms with E-state index in [1.165, 1.54) is 6.07 Å². The molecule has 2 aliphatic heterocycles. The highest BCUT2D eigenvalue weighted by molar-refractivity contribution is 6.16. The topological polar surface area (TPSA) is 120 Å². The zero-order valence-electron chi connectivity index (χ0n) is 18.8.